The number of rotatable bonds is 6. The second-order valence-corrected chi connectivity index (χ2v) is 12.6. The molecule has 0 amide bonds. The van der Waals surface area contributed by atoms with Crippen molar-refractivity contribution in [3.8, 4) is 33.8 Å². The predicted octanol–water partition coefficient (Wildman–Crippen LogP) is 9.80. The van der Waals surface area contributed by atoms with Crippen molar-refractivity contribution in [2.24, 2.45) is 5.73 Å². The van der Waals surface area contributed by atoms with E-state index in [9.17, 15) is 0 Å². The van der Waals surface area contributed by atoms with Gasteiger partial charge in [-0.25, -0.2) is 0 Å². The van der Waals surface area contributed by atoms with Crippen molar-refractivity contribution >= 4 is 38.8 Å². The molecule has 50 heavy (non-hydrogen) atoms. The highest BCUT2D eigenvalue weighted by Crippen LogP contribution is 2.36. The molecule has 0 fully saturated rings. The van der Waals surface area contributed by atoms with E-state index in [-0.39, 0.29) is 6.04 Å². The summed E-state index contributed by atoms with van der Waals surface area (Å²) in [4.78, 5) is 9.75. The molecule has 240 valence electrons. The number of fused-ring (bicyclic) bond motifs is 4. The molecule has 0 saturated heterocycles. The standard InChI is InChI=1S/C44H34N6/c1-29-35(19-21-45)36-14-2-4-17-42(36)49(29)33-12-8-10-30(24-33)32-26-40(48-41(27-32)39-16-6-7-22-47-39)31-11-9-13-34(25-31)50-43-18-5-3-15-37(43)38-20-23-46-28-44(38)50/h2-28,39,47H,45H2,1H3/b21-19-. The highest BCUT2D eigenvalue weighted by molar-refractivity contribution is 6.09. The van der Waals surface area contributed by atoms with Crippen LogP contribution in [0.1, 0.15) is 23.0 Å². The average molecular weight is 647 g/mol. The lowest BCUT2D eigenvalue weighted by molar-refractivity contribution is 0.722. The van der Waals surface area contributed by atoms with Crippen molar-refractivity contribution in [2.45, 2.75) is 13.0 Å². The van der Waals surface area contributed by atoms with Crippen LogP contribution in [0.5, 0.6) is 0 Å². The molecule has 1 atom stereocenters. The molecule has 0 radical (unpaired) electrons. The molecule has 3 N–H and O–H groups in total. The van der Waals surface area contributed by atoms with Crippen molar-refractivity contribution in [1.29, 1.82) is 0 Å². The number of dihydropyridines is 1. The zero-order valence-electron chi connectivity index (χ0n) is 27.5. The smallest absolute Gasteiger partial charge is 0.0869 e. The first-order chi connectivity index (χ1) is 24.7. The summed E-state index contributed by atoms with van der Waals surface area (Å²) in [6.07, 6.45) is 15.6. The largest absolute Gasteiger partial charge is 0.405 e. The Morgan fingerprint density at radius 1 is 0.680 bits per heavy atom. The molecule has 8 aromatic rings. The van der Waals surface area contributed by atoms with E-state index >= 15 is 0 Å². The van der Waals surface area contributed by atoms with Gasteiger partial charge >= 0.3 is 0 Å². The summed E-state index contributed by atoms with van der Waals surface area (Å²) in [5.74, 6) is 0. The van der Waals surface area contributed by atoms with Crippen LogP contribution >= 0.6 is 0 Å². The van der Waals surface area contributed by atoms with Gasteiger partial charge in [0.05, 0.1) is 40.2 Å². The van der Waals surface area contributed by atoms with Crippen molar-refractivity contribution in [3.05, 3.63) is 175 Å². The van der Waals surface area contributed by atoms with Crippen LogP contribution in [0.3, 0.4) is 0 Å². The Bertz CT molecular complexity index is 2620. The van der Waals surface area contributed by atoms with Gasteiger partial charge in [0, 0.05) is 50.6 Å². The predicted molar refractivity (Wildman–Crippen MR) is 206 cm³/mol. The van der Waals surface area contributed by atoms with E-state index in [1.54, 1.807) is 6.20 Å². The minimum absolute atomic E-state index is 0.0466. The van der Waals surface area contributed by atoms with Gasteiger partial charge in [-0.05, 0) is 97.2 Å². The lowest BCUT2D eigenvalue weighted by Crippen LogP contribution is -2.16. The van der Waals surface area contributed by atoms with Gasteiger partial charge in [-0.15, -0.1) is 0 Å². The number of pyridine rings is 2. The zero-order valence-corrected chi connectivity index (χ0v) is 27.5. The molecule has 9 rings (SSSR count). The van der Waals surface area contributed by atoms with Crippen LogP contribution in [0, 0.1) is 6.92 Å². The zero-order chi connectivity index (χ0) is 33.6. The summed E-state index contributed by atoms with van der Waals surface area (Å²) in [6.45, 7) is 2.15. The molecule has 6 heteroatoms. The van der Waals surface area contributed by atoms with E-state index in [2.05, 4.69) is 154 Å². The number of nitrogens with two attached hydrogens (primary N) is 1. The number of aromatic nitrogens is 4. The van der Waals surface area contributed by atoms with Crippen molar-refractivity contribution in [1.82, 2.24) is 24.4 Å². The third kappa shape index (κ3) is 4.89. The molecular formula is C44H34N6. The van der Waals surface area contributed by atoms with E-state index in [1.165, 1.54) is 16.2 Å². The number of para-hydroxylation sites is 2. The Morgan fingerprint density at radius 3 is 2.20 bits per heavy atom. The van der Waals surface area contributed by atoms with E-state index in [4.69, 9.17) is 10.7 Å². The highest BCUT2D eigenvalue weighted by atomic mass is 15.0. The monoisotopic (exact) mass is 646 g/mol. The Hall–Kier alpha value is -6.66. The Morgan fingerprint density at radius 2 is 1.40 bits per heavy atom. The number of allylic oxidation sites excluding steroid dienone is 2. The lowest BCUT2D eigenvalue weighted by atomic mass is 9.99. The minimum Gasteiger partial charge on any atom is -0.405 e. The average Bonchev–Trinajstić information content (AvgIpc) is 3.66. The number of nitrogens with zero attached hydrogens (tertiary/aromatic N) is 4. The molecule has 1 aliphatic rings. The van der Waals surface area contributed by atoms with Crippen LogP contribution in [0.15, 0.2) is 158 Å². The summed E-state index contributed by atoms with van der Waals surface area (Å²) in [5, 5.41) is 7.05. The summed E-state index contributed by atoms with van der Waals surface area (Å²) in [5.41, 5.74) is 18.8. The Labute approximate surface area is 290 Å². The fourth-order valence-corrected chi connectivity index (χ4v) is 7.41. The van der Waals surface area contributed by atoms with E-state index < -0.39 is 0 Å². The minimum atomic E-state index is -0.0466. The normalized spacial score (nSPS) is 14.3. The van der Waals surface area contributed by atoms with E-state index in [0.717, 1.165) is 67.3 Å². The maximum Gasteiger partial charge on any atom is 0.0869 e. The molecule has 6 nitrogen and oxygen atoms in total. The van der Waals surface area contributed by atoms with Gasteiger partial charge in [-0.2, -0.15) is 0 Å². The van der Waals surface area contributed by atoms with Crippen LogP contribution in [-0.4, -0.2) is 19.1 Å². The van der Waals surface area contributed by atoms with Crippen molar-refractivity contribution in [2.75, 3.05) is 0 Å². The molecular weight excluding hydrogens is 613 g/mol. The van der Waals surface area contributed by atoms with Gasteiger partial charge in [0.25, 0.3) is 0 Å². The number of hydrogen-bond donors (Lipinski definition) is 2. The second-order valence-electron chi connectivity index (χ2n) is 12.6. The summed E-state index contributed by atoms with van der Waals surface area (Å²) < 4.78 is 4.61. The second kappa shape index (κ2) is 12.1. The van der Waals surface area contributed by atoms with Crippen LogP contribution in [0.4, 0.5) is 0 Å². The van der Waals surface area contributed by atoms with Gasteiger partial charge in [-0.1, -0.05) is 72.8 Å². The number of nitrogens with one attached hydrogen (secondary N) is 1. The quantitative estimate of drug-likeness (QED) is 0.189. The molecule has 5 heterocycles. The fraction of sp³-hybridized carbons (Fsp3) is 0.0455. The van der Waals surface area contributed by atoms with Crippen molar-refractivity contribution < 1.29 is 0 Å². The maximum absolute atomic E-state index is 5.88. The third-order valence-corrected chi connectivity index (χ3v) is 9.69. The molecule has 1 aliphatic heterocycles. The third-order valence-electron chi connectivity index (χ3n) is 9.69. The van der Waals surface area contributed by atoms with Gasteiger partial charge < -0.3 is 20.2 Å². The molecule has 0 spiro atoms. The fourth-order valence-electron chi connectivity index (χ4n) is 7.41. The van der Waals surface area contributed by atoms with E-state index in [0.29, 0.717) is 0 Å². The number of hydrogen-bond acceptors (Lipinski definition) is 4. The van der Waals surface area contributed by atoms with Crippen LogP contribution in [0.2, 0.25) is 0 Å². The molecule has 0 saturated carbocycles. The van der Waals surface area contributed by atoms with Crippen molar-refractivity contribution in [3.63, 3.8) is 0 Å². The van der Waals surface area contributed by atoms with Gasteiger partial charge in [0.1, 0.15) is 0 Å². The molecule has 4 aromatic carbocycles. The molecule has 0 bridgehead atoms. The van der Waals surface area contributed by atoms with Gasteiger partial charge in [0.15, 0.2) is 0 Å². The van der Waals surface area contributed by atoms with Crippen LogP contribution in [0.25, 0.3) is 72.5 Å². The first-order valence-corrected chi connectivity index (χ1v) is 16.8. The summed E-state index contributed by atoms with van der Waals surface area (Å²) in [7, 11) is 0. The summed E-state index contributed by atoms with van der Waals surface area (Å²) in [6, 6.07) is 40.9. The molecule has 1 unspecified atom stereocenters. The topological polar surface area (TPSA) is 73.7 Å². The first-order valence-electron chi connectivity index (χ1n) is 16.8. The Kier molecular flexibility index (Phi) is 7.13. The SMILES string of the molecule is Cc1c(/C=C\N)c2ccccc2n1-c1cccc(-c2cc(-c3cccc(-n4c5ccccc5c5ccncc54)c3)nc(C3C=CC=CN3)c2)c1. The molecule has 4 aromatic heterocycles. The Balaban J connectivity index is 1.20. The maximum atomic E-state index is 5.88. The highest BCUT2D eigenvalue weighted by Gasteiger charge is 2.18. The summed E-state index contributed by atoms with van der Waals surface area (Å²) >= 11 is 0. The van der Waals surface area contributed by atoms with Gasteiger partial charge in [0.2, 0.25) is 0 Å². The van der Waals surface area contributed by atoms with Crippen LogP contribution < -0.4 is 11.1 Å². The number of benzene rings is 4. The first kappa shape index (κ1) is 29.5. The van der Waals surface area contributed by atoms with Crippen LogP contribution in [-0.2, 0) is 0 Å². The molecule has 0 aliphatic carbocycles. The lowest BCUT2D eigenvalue weighted by Gasteiger charge is -2.19. The van der Waals surface area contributed by atoms with E-state index in [1.807, 2.05) is 30.7 Å². The van der Waals surface area contributed by atoms with Gasteiger partial charge in [-0.3, -0.25) is 9.97 Å².